The monoisotopic (exact) mass is 256 g/mol. The van der Waals surface area contributed by atoms with Gasteiger partial charge in [0.05, 0.1) is 37.1 Å². The van der Waals surface area contributed by atoms with Gasteiger partial charge in [-0.25, -0.2) is 4.68 Å². The minimum Gasteiger partial charge on any atom is -0.380 e. The minimum atomic E-state index is -0.434. The smallest absolute Gasteiger partial charge is 0.223 e. The Balaban J connectivity index is 2.88. The number of hydrogen-bond acceptors (Lipinski definition) is 5. The lowest BCUT2D eigenvalue weighted by Gasteiger charge is -2.13. The molecule has 0 bridgehead atoms. The van der Waals surface area contributed by atoms with E-state index in [-0.39, 0.29) is 12.5 Å². The molecule has 18 heavy (non-hydrogen) atoms. The molecule has 7 nitrogen and oxygen atoms in total. The van der Waals surface area contributed by atoms with Gasteiger partial charge in [0.2, 0.25) is 5.91 Å². The molecule has 0 spiro atoms. The Hall–Kier alpha value is -1.47. The summed E-state index contributed by atoms with van der Waals surface area (Å²) in [5, 5.41) is 7.99. The summed E-state index contributed by atoms with van der Waals surface area (Å²) in [5.74, 6) is -0.434. The van der Waals surface area contributed by atoms with E-state index in [9.17, 15) is 4.79 Å². The van der Waals surface area contributed by atoms with Crippen molar-refractivity contribution in [3.8, 4) is 0 Å². The summed E-state index contributed by atoms with van der Waals surface area (Å²) in [6, 6.07) is 0. The molecule has 0 aliphatic rings. The average Bonchev–Trinajstić information content (AvgIpc) is 2.71. The SMILES string of the molecule is CCOCCn1nnc(CC(N)=O)c1C(C)OC. The van der Waals surface area contributed by atoms with Crippen LogP contribution in [0.3, 0.4) is 0 Å². The molecule has 102 valence electrons. The number of ether oxygens (including phenoxy) is 2. The molecule has 0 saturated carbocycles. The highest BCUT2D eigenvalue weighted by Gasteiger charge is 2.19. The summed E-state index contributed by atoms with van der Waals surface area (Å²) in [4.78, 5) is 11.0. The van der Waals surface area contributed by atoms with Crippen LogP contribution in [0.1, 0.15) is 31.3 Å². The lowest BCUT2D eigenvalue weighted by Crippen LogP contribution is -2.18. The van der Waals surface area contributed by atoms with Crippen molar-refractivity contribution >= 4 is 5.91 Å². The van der Waals surface area contributed by atoms with Gasteiger partial charge in [-0.05, 0) is 13.8 Å². The quantitative estimate of drug-likeness (QED) is 0.663. The van der Waals surface area contributed by atoms with E-state index in [0.717, 1.165) is 5.69 Å². The van der Waals surface area contributed by atoms with Crippen LogP contribution in [0.5, 0.6) is 0 Å². The van der Waals surface area contributed by atoms with Crippen molar-refractivity contribution in [2.24, 2.45) is 5.73 Å². The molecule has 0 aromatic carbocycles. The van der Waals surface area contributed by atoms with Gasteiger partial charge in [0.15, 0.2) is 0 Å². The Bertz CT molecular complexity index is 392. The standard InChI is InChI=1S/C11H20N4O3/c1-4-18-6-5-15-11(8(2)17-3)9(13-14-15)7-10(12)16/h8H,4-7H2,1-3H3,(H2,12,16). The molecule has 0 fully saturated rings. The fourth-order valence-corrected chi connectivity index (χ4v) is 1.66. The van der Waals surface area contributed by atoms with E-state index in [2.05, 4.69) is 10.3 Å². The molecule has 0 aliphatic heterocycles. The Kier molecular flexibility index (Phi) is 5.73. The van der Waals surface area contributed by atoms with Crippen LogP contribution in [0.15, 0.2) is 0 Å². The number of rotatable bonds is 8. The molecule has 0 aliphatic carbocycles. The summed E-state index contributed by atoms with van der Waals surface area (Å²) >= 11 is 0. The Morgan fingerprint density at radius 3 is 2.83 bits per heavy atom. The third-order valence-electron chi connectivity index (χ3n) is 2.58. The number of methoxy groups -OCH3 is 1. The summed E-state index contributed by atoms with van der Waals surface area (Å²) in [6.45, 7) is 5.57. The van der Waals surface area contributed by atoms with Crippen molar-refractivity contribution < 1.29 is 14.3 Å². The average molecular weight is 256 g/mol. The van der Waals surface area contributed by atoms with Gasteiger partial charge in [0.1, 0.15) is 0 Å². The van der Waals surface area contributed by atoms with Crippen LogP contribution in [0.25, 0.3) is 0 Å². The number of primary amides is 1. The van der Waals surface area contributed by atoms with Crippen LogP contribution >= 0.6 is 0 Å². The molecule has 2 N–H and O–H groups in total. The summed E-state index contributed by atoms with van der Waals surface area (Å²) in [5.41, 5.74) is 6.52. The van der Waals surface area contributed by atoms with Gasteiger partial charge < -0.3 is 15.2 Å². The molecule has 1 aromatic heterocycles. The number of carbonyl (C=O) groups is 1. The third kappa shape index (κ3) is 3.78. The highest BCUT2D eigenvalue weighted by Crippen LogP contribution is 2.19. The minimum absolute atomic E-state index is 0.0671. The largest absolute Gasteiger partial charge is 0.380 e. The zero-order chi connectivity index (χ0) is 13.5. The summed E-state index contributed by atoms with van der Waals surface area (Å²) in [6.07, 6.45) is -0.131. The van der Waals surface area contributed by atoms with Gasteiger partial charge in [0.25, 0.3) is 0 Å². The predicted molar refractivity (Wildman–Crippen MR) is 64.8 cm³/mol. The van der Waals surface area contributed by atoms with Gasteiger partial charge >= 0.3 is 0 Å². The van der Waals surface area contributed by atoms with Crippen molar-refractivity contribution in [3.63, 3.8) is 0 Å². The highest BCUT2D eigenvalue weighted by atomic mass is 16.5. The molecule has 1 rings (SSSR count). The first-order chi connectivity index (χ1) is 8.60. The molecule has 1 amide bonds. The molecule has 7 heteroatoms. The number of nitrogens with two attached hydrogens (primary N) is 1. The van der Waals surface area contributed by atoms with E-state index in [1.807, 2.05) is 13.8 Å². The van der Waals surface area contributed by atoms with E-state index in [0.29, 0.717) is 25.5 Å². The molecule has 0 saturated heterocycles. The van der Waals surface area contributed by atoms with E-state index in [1.165, 1.54) is 0 Å². The van der Waals surface area contributed by atoms with Crippen molar-refractivity contribution in [2.45, 2.75) is 32.9 Å². The number of hydrogen-bond donors (Lipinski definition) is 1. The van der Waals surface area contributed by atoms with E-state index in [4.69, 9.17) is 15.2 Å². The summed E-state index contributed by atoms with van der Waals surface area (Å²) < 4.78 is 12.2. The van der Waals surface area contributed by atoms with Gasteiger partial charge in [-0.3, -0.25) is 4.79 Å². The maximum absolute atomic E-state index is 11.0. The first kappa shape index (κ1) is 14.6. The zero-order valence-corrected chi connectivity index (χ0v) is 11.0. The Morgan fingerprint density at radius 1 is 1.56 bits per heavy atom. The number of nitrogens with zero attached hydrogens (tertiary/aromatic N) is 3. The van der Waals surface area contributed by atoms with Crippen LogP contribution in [0.4, 0.5) is 0 Å². The van der Waals surface area contributed by atoms with E-state index in [1.54, 1.807) is 11.8 Å². The lowest BCUT2D eigenvalue weighted by atomic mass is 10.1. The van der Waals surface area contributed by atoms with Crippen molar-refractivity contribution in [1.82, 2.24) is 15.0 Å². The molecule has 1 heterocycles. The predicted octanol–water partition coefficient (Wildman–Crippen LogP) is 0.0498. The van der Waals surface area contributed by atoms with Crippen molar-refractivity contribution in [1.29, 1.82) is 0 Å². The molecule has 1 atom stereocenters. The van der Waals surface area contributed by atoms with Crippen LogP contribution in [0, 0.1) is 0 Å². The topological polar surface area (TPSA) is 92.3 Å². The molecule has 1 aromatic rings. The third-order valence-corrected chi connectivity index (χ3v) is 2.58. The molecule has 0 radical (unpaired) electrons. The van der Waals surface area contributed by atoms with Crippen molar-refractivity contribution in [3.05, 3.63) is 11.4 Å². The molecular weight excluding hydrogens is 236 g/mol. The number of carbonyl (C=O) groups excluding carboxylic acids is 1. The van der Waals surface area contributed by atoms with Crippen LogP contribution in [0.2, 0.25) is 0 Å². The number of amides is 1. The van der Waals surface area contributed by atoms with E-state index >= 15 is 0 Å². The van der Waals surface area contributed by atoms with E-state index < -0.39 is 5.91 Å². The number of aromatic nitrogens is 3. The zero-order valence-electron chi connectivity index (χ0n) is 11.0. The Labute approximate surface area is 106 Å². The second-order valence-corrected chi connectivity index (χ2v) is 3.86. The van der Waals surface area contributed by atoms with Gasteiger partial charge in [-0.1, -0.05) is 5.21 Å². The Morgan fingerprint density at radius 2 is 2.28 bits per heavy atom. The normalized spacial score (nSPS) is 12.6. The van der Waals surface area contributed by atoms with Gasteiger partial charge in [0, 0.05) is 13.7 Å². The molecular formula is C11H20N4O3. The maximum Gasteiger partial charge on any atom is 0.223 e. The second-order valence-electron chi connectivity index (χ2n) is 3.86. The maximum atomic E-state index is 11.0. The van der Waals surface area contributed by atoms with Crippen LogP contribution < -0.4 is 5.73 Å². The lowest BCUT2D eigenvalue weighted by molar-refractivity contribution is -0.117. The first-order valence-electron chi connectivity index (χ1n) is 5.91. The van der Waals surface area contributed by atoms with Crippen LogP contribution in [-0.4, -0.2) is 41.2 Å². The fraction of sp³-hybridized carbons (Fsp3) is 0.727. The summed E-state index contributed by atoms with van der Waals surface area (Å²) in [7, 11) is 1.60. The second kappa shape index (κ2) is 7.07. The van der Waals surface area contributed by atoms with Gasteiger partial charge in [-0.2, -0.15) is 0 Å². The van der Waals surface area contributed by atoms with Gasteiger partial charge in [-0.15, -0.1) is 5.10 Å². The first-order valence-corrected chi connectivity index (χ1v) is 5.91. The van der Waals surface area contributed by atoms with Crippen LogP contribution in [-0.2, 0) is 27.2 Å². The molecule has 1 unspecified atom stereocenters. The highest BCUT2D eigenvalue weighted by molar-refractivity contribution is 5.76. The van der Waals surface area contributed by atoms with Crippen molar-refractivity contribution in [2.75, 3.05) is 20.3 Å². The fourth-order valence-electron chi connectivity index (χ4n) is 1.66.